The summed E-state index contributed by atoms with van der Waals surface area (Å²) < 4.78 is 46.0. The summed E-state index contributed by atoms with van der Waals surface area (Å²) in [6.45, 7) is 3.28. The van der Waals surface area contributed by atoms with Crippen LogP contribution in [-0.2, 0) is 21.3 Å². The van der Waals surface area contributed by atoms with Gasteiger partial charge in [0, 0.05) is 31.9 Å². The number of ether oxygens (including phenoxy) is 1. The first kappa shape index (κ1) is 16.4. The SMILES string of the molecule is Cc1cc(S(=O)(=O)NCCC2CCOC2)cc(CN)c1F. The van der Waals surface area contributed by atoms with Crippen LogP contribution in [0.1, 0.15) is 24.0 Å². The second-order valence-corrected chi connectivity index (χ2v) is 7.10. The average molecular weight is 316 g/mol. The lowest BCUT2D eigenvalue weighted by Crippen LogP contribution is -2.26. The minimum atomic E-state index is -3.64. The fourth-order valence-corrected chi connectivity index (χ4v) is 3.58. The highest BCUT2D eigenvalue weighted by molar-refractivity contribution is 7.89. The van der Waals surface area contributed by atoms with E-state index >= 15 is 0 Å². The molecule has 0 bridgehead atoms. The van der Waals surface area contributed by atoms with Gasteiger partial charge in [0.25, 0.3) is 0 Å². The van der Waals surface area contributed by atoms with Crippen molar-refractivity contribution in [2.45, 2.75) is 31.2 Å². The van der Waals surface area contributed by atoms with Crippen LogP contribution >= 0.6 is 0 Å². The van der Waals surface area contributed by atoms with Crippen molar-refractivity contribution in [2.75, 3.05) is 19.8 Å². The highest BCUT2D eigenvalue weighted by Gasteiger charge is 2.20. The summed E-state index contributed by atoms with van der Waals surface area (Å²) in [5.41, 5.74) is 5.93. The van der Waals surface area contributed by atoms with E-state index in [-0.39, 0.29) is 22.6 Å². The van der Waals surface area contributed by atoms with Crippen LogP contribution in [0.3, 0.4) is 0 Å². The number of halogens is 1. The molecule has 0 saturated carbocycles. The van der Waals surface area contributed by atoms with Crippen molar-refractivity contribution in [3.8, 4) is 0 Å². The van der Waals surface area contributed by atoms with E-state index in [1.807, 2.05) is 0 Å². The van der Waals surface area contributed by atoms with Crippen LogP contribution in [0.2, 0.25) is 0 Å². The summed E-state index contributed by atoms with van der Waals surface area (Å²) in [5, 5.41) is 0. The fourth-order valence-electron chi connectivity index (χ4n) is 2.40. The molecule has 0 aromatic heterocycles. The molecule has 1 fully saturated rings. The first-order valence-corrected chi connectivity index (χ1v) is 8.49. The molecule has 0 aliphatic carbocycles. The second-order valence-electron chi connectivity index (χ2n) is 5.33. The predicted molar refractivity (Wildman–Crippen MR) is 77.8 cm³/mol. The molecule has 1 saturated heterocycles. The third-order valence-electron chi connectivity index (χ3n) is 3.70. The number of hydrogen-bond donors (Lipinski definition) is 2. The summed E-state index contributed by atoms with van der Waals surface area (Å²) in [5.74, 6) is -0.0400. The molecular weight excluding hydrogens is 295 g/mol. The second kappa shape index (κ2) is 6.83. The van der Waals surface area contributed by atoms with Crippen LogP contribution < -0.4 is 10.5 Å². The van der Waals surface area contributed by atoms with E-state index in [2.05, 4.69) is 4.72 Å². The zero-order valence-corrected chi connectivity index (χ0v) is 12.9. The van der Waals surface area contributed by atoms with Gasteiger partial charge in [-0.25, -0.2) is 17.5 Å². The Bertz CT molecular complexity index is 598. The molecule has 3 N–H and O–H groups in total. The molecule has 1 heterocycles. The van der Waals surface area contributed by atoms with Crippen molar-refractivity contribution in [1.29, 1.82) is 0 Å². The monoisotopic (exact) mass is 316 g/mol. The average Bonchev–Trinajstić information content (AvgIpc) is 2.94. The Morgan fingerprint density at radius 2 is 2.24 bits per heavy atom. The molecule has 5 nitrogen and oxygen atoms in total. The zero-order chi connectivity index (χ0) is 15.5. The minimum absolute atomic E-state index is 0.0323. The van der Waals surface area contributed by atoms with Crippen LogP contribution in [0, 0.1) is 18.7 Å². The van der Waals surface area contributed by atoms with Crippen LogP contribution in [0.5, 0.6) is 0 Å². The Morgan fingerprint density at radius 1 is 1.48 bits per heavy atom. The molecule has 1 unspecified atom stereocenters. The van der Waals surface area contributed by atoms with Crippen LogP contribution in [0.4, 0.5) is 4.39 Å². The Morgan fingerprint density at radius 3 is 2.86 bits per heavy atom. The minimum Gasteiger partial charge on any atom is -0.381 e. The molecule has 1 aromatic rings. The molecule has 7 heteroatoms. The van der Waals surface area contributed by atoms with Crippen molar-refractivity contribution in [1.82, 2.24) is 4.72 Å². The van der Waals surface area contributed by atoms with Gasteiger partial charge < -0.3 is 10.5 Å². The molecular formula is C14H21FN2O3S. The van der Waals surface area contributed by atoms with E-state index in [0.717, 1.165) is 19.4 Å². The summed E-state index contributed by atoms with van der Waals surface area (Å²) in [7, 11) is -3.64. The van der Waals surface area contributed by atoms with Gasteiger partial charge in [-0.15, -0.1) is 0 Å². The van der Waals surface area contributed by atoms with Crippen LogP contribution in [-0.4, -0.2) is 28.2 Å². The van der Waals surface area contributed by atoms with E-state index in [4.69, 9.17) is 10.5 Å². The van der Waals surface area contributed by atoms with Gasteiger partial charge in [-0.1, -0.05) is 0 Å². The van der Waals surface area contributed by atoms with Crippen molar-refractivity contribution in [2.24, 2.45) is 11.7 Å². The predicted octanol–water partition coefficient (Wildman–Crippen LogP) is 1.30. The fraction of sp³-hybridized carbons (Fsp3) is 0.571. The lowest BCUT2D eigenvalue weighted by molar-refractivity contribution is 0.184. The lowest BCUT2D eigenvalue weighted by Gasteiger charge is -2.12. The molecule has 0 spiro atoms. The standard InChI is InChI=1S/C14H21FN2O3S/c1-10-6-13(7-12(8-16)14(10)15)21(18,19)17-4-2-11-3-5-20-9-11/h6-7,11,17H,2-5,8-9,16H2,1H3. The van der Waals surface area contributed by atoms with Gasteiger partial charge in [0.05, 0.1) is 4.90 Å². The van der Waals surface area contributed by atoms with E-state index in [9.17, 15) is 12.8 Å². The van der Waals surface area contributed by atoms with Gasteiger partial charge in [0.2, 0.25) is 10.0 Å². The van der Waals surface area contributed by atoms with Gasteiger partial charge >= 0.3 is 0 Å². The van der Waals surface area contributed by atoms with Gasteiger partial charge in [0.15, 0.2) is 0 Å². The molecule has 2 rings (SSSR count). The smallest absolute Gasteiger partial charge is 0.240 e. The van der Waals surface area contributed by atoms with Crippen molar-refractivity contribution in [3.63, 3.8) is 0 Å². The maximum Gasteiger partial charge on any atom is 0.240 e. The quantitative estimate of drug-likeness (QED) is 0.829. The molecule has 1 aliphatic heterocycles. The number of aryl methyl sites for hydroxylation is 1. The number of rotatable bonds is 6. The van der Waals surface area contributed by atoms with Gasteiger partial charge in [-0.3, -0.25) is 0 Å². The Hall–Kier alpha value is -1.02. The molecule has 1 aromatic carbocycles. The summed E-state index contributed by atoms with van der Waals surface area (Å²) in [6, 6.07) is 2.62. The van der Waals surface area contributed by atoms with Gasteiger partial charge in [-0.2, -0.15) is 0 Å². The number of nitrogens with two attached hydrogens (primary N) is 1. The Labute approximate surface area is 124 Å². The number of benzene rings is 1. The normalized spacial score (nSPS) is 19.1. The van der Waals surface area contributed by atoms with E-state index < -0.39 is 15.8 Å². The highest BCUT2D eigenvalue weighted by atomic mass is 32.2. The third-order valence-corrected chi connectivity index (χ3v) is 5.14. The summed E-state index contributed by atoms with van der Waals surface area (Å²) >= 11 is 0. The van der Waals surface area contributed by atoms with Crippen LogP contribution in [0.15, 0.2) is 17.0 Å². The van der Waals surface area contributed by atoms with Gasteiger partial charge in [0.1, 0.15) is 5.82 Å². The zero-order valence-electron chi connectivity index (χ0n) is 12.1. The summed E-state index contributed by atoms with van der Waals surface area (Å²) in [4.78, 5) is 0.0597. The summed E-state index contributed by atoms with van der Waals surface area (Å²) in [6.07, 6.45) is 1.71. The maximum atomic E-state index is 13.7. The third kappa shape index (κ3) is 4.00. The first-order chi connectivity index (χ1) is 9.94. The number of nitrogens with one attached hydrogen (secondary N) is 1. The van der Waals surface area contributed by atoms with E-state index in [0.29, 0.717) is 19.1 Å². The number of hydrogen-bond acceptors (Lipinski definition) is 4. The highest BCUT2D eigenvalue weighted by Crippen LogP contribution is 2.20. The van der Waals surface area contributed by atoms with Crippen molar-refractivity contribution < 1.29 is 17.5 Å². The largest absolute Gasteiger partial charge is 0.381 e. The topological polar surface area (TPSA) is 81.4 Å². The molecule has 118 valence electrons. The maximum absolute atomic E-state index is 13.7. The Balaban J connectivity index is 2.06. The Kier molecular flexibility index (Phi) is 5.32. The van der Waals surface area contributed by atoms with E-state index in [1.165, 1.54) is 19.1 Å². The molecule has 1 aliphatic rings. The lowest BCUT2D eigenvalue weighted by atomic mass is 10.1. The van der Waals surface area contributed by atoms with Gasteiger partial charge in [-0.05, 0) is 43.4 Å². The van der Waals surface area contributed by atoms with E-state index in [1.54, 1.807) is 0 Å². The molecule has 21 heavy (non-hydrogen) atoms. The molecule has 0 radical (unpaired) electrons. The first-order valence-electron chi connectivity index (χ1n) is 7.00. The van der Waals surface area contributed by atoms with Crippen molar-refractivity contribution in [3.05, 3.63) is 29.1 Å². The van der Waals surface area contributed by atoms with Crippen LogP contribution in [0.25, 0.3) is 0 Å². The van der Waals surface area contributed by atoms with Crippen molar-refractivity contribution >= 4 is 10.0 Å². The molecule has 0 amide bonds. The molecule has 1 atom stereocenters. The number of sulfonamides is 1.